The van der Waals surface area contributed by atoms with E-state index in [1.165, 1.54) is 22.3 Å². The molecule has 152 valence electrons. The number of nitrogens with zero attached hydrogens (tertiary/aromatic N) is 5. The van der Waals surface area contributed by atoms with Crippen molar-refractivity contribution in [3.8, 4) is 0 Å². The Hall–Kier alpha value is -2.58. The molecule has 4 rings (SSSR count). The maximum Gasteiger partial charge on any atom is 0.255 e. The summed E-state index contributed by atoms with van der Waals surface area (Å²) < 4.78 is 5.29. The maximum absolute atomic E-state index is 13.2. The van der Waals surface area contributed by atoms with E-state index in [9.17, 15) is 4.79 Å². The van der Waals surface area contributed by atoms with E-state index in [-0.39, 0.29) is 11.9 Å². The molecule has 0 unspecified atom stereocenters. The first-order valence-corrected chi connectivity index (χ1v) is 10.6. The number of carbonyl (C=O) groups is 1. The van der Waals surface area contributed by atoms with Gasteiger partial charge in [-0.2, -0.15) is 0 Å². The lowest BCUT2D eigenvalue weighted by molar-refractivity contribution is 0.0738. The van der Waals surface area contributed by atoms with E-state index in [1.54, 1.807) is 22.4 Å². The fraction of sp³-hybridized carbons (Fsp3) is 0.429. The quantitative estimate of drug-likeness (QED) is 0.639. The van der Waals surface area contributed by atoms with Crippen LogP contribution in [0.25, 0.3) is 0 Å². The van der Waals surface area contributed by atoms with Gasteiger partial charge in [-0.25, -0.2) is 9.97 Å². The van der Waals surface area contributed by atoms with Gasteiger partial charge in [0.2, 0.25) is 0 Å². The molecule has 0 spiro atoms. The van der Waals surface area contributed by atoms with Crippen molar-refractivity contribution in [3.63, 3.8) is 0 Å². The molecule has 0 fully saturated rings. The number of hydrogen-bond donors (Lipinski definition) is 0. The largest absolute Gasteiger partial charge is 0.361 e. The van der Waals surface area contributed by atoms with Crippen LogP contribution in [0.2, 0.25) is 0 Å². The van der Waals surface area contributed by atoms with Gasteiger partial charge in [-0.05, 0) is 38.8 Å². The second-order valence-electron chi connectivity index (χ2n) is 7.54. The minimum Gasteiger partial charge on any atom is -0.361 e. The Labute approximate surface area is 174 Å². The first-order chi connectivity index (χ1) is 14.0. The normalized spacial score (nSPS) is 15.2. The molecule has 4 heterocycles. The van der Waals surface area contributed by atoms with Crippen LogP contribution in [0, 0.1) is 13.8 Å². The molecule has 3 aromatic rings. The molecule has 1 aliphatic rings. The summed E-state index contributed by atoms with van der Waals surface area (Å²) in [4.78, 5) is 26.9. The molecule has 8 heteroatoms. The highest BCUT2D eigenvalue weighted by Crippen LogP contribution is 2.32. The van der Waals surface area contributed by atoms with Crippen molar-refractivity contribution in [2.75, 3.05) is 13.6 Å². The third-order valence-corrected chi connectivity index (χ3v) is 6.77. The van der Waals surface area contributed by atoms with Gasteiger partial charge in [-0.15, -0.1) is 11.3 Å². The van der Waals surface area contributed by atoms with Gasteiger partial charge in [0, 0.05) is 48.7 Å². The summed E-state index contributed by atoms with van der Waals surface area (Å²) in [6, 6.07) is 1.74. The standard InChI is InChI=1S/C21H25N5O2S/c1-13-17(15(3)28-24-13)9-26-8-6-16-18(11-29-20(16)10-26)21(27)25(4)14(2)19-5-7-22-12-23-19/h5,7,11-12,14H,6,8-10H2,1-4H3/t14-/m0/s1. The molecule has 0 saturated heterocycles. The van der Waals surface area contributed by atoms with Crippen LogP contribution in [0.3, 0.4) is 0 Å². The molecule has 0 radical (unpaired) electrons. The zero-order valence-electron chi connectivity index (χ0n) is 17.2. The second-order valence-corrected chi connectivity index (χ2v) is 8.50. The van der Waals surface area contributed by atoms with Gasteiger partial charge in [0.25, 0.3) is 5.91 Å². The first kappa shape index (κ1) is 19.7. The Morgan fingerprint density at radius 3 is 2.93 bits per heavy atom. The van der Waals surface area contributed by atoms with Crippen LogP contribution in [0.5, 0.6) is 0 Å². The Morgan fingerprint density at radius 2 is 2.24 bits per heavy atom. The fourth-order valence-corrected chi connectivity index (χ4v) is 4.87. The SMILES string of the molecule is Cc1noc(C)c1CN1CCc2c(C(=O)N(C)[C@@H](C)c3ccncn3)csc2C1. The summed E-state index contributed by atoms with van der Waals surface area (Å²) >= 11 is 1.68. The molecule has 0 bridgehead atoms. The lowest BCUT2D eigenvalue weighted by Gasteiger charge is -2.28. The summed E-state index contributed by atoms with van der Waals surface area (Å²) in [5, 5.41) is 6.07. The molecular weight excluding hydrogens is 386 g/mol. The predicted octanol–water partition coefficient (Wildman–Crippen LogP) is 3.53. The fourth-order valence-electron chi connectivity index (χ4n) is 3.76. The number of hydrogen-bond acceptors (Lipinski definition) is 7. The van der Waals surface area contributed by atoms with Gasteiger partial charge < -0.3 is 9.42 Å². The molecule has 0 aliphatic carbocycles. The molecule has 1 amide bonds. The zero-order valence-corrected chi connectivity index (χ0v) is 18.0. The summed E-state index contributed by atoms with van der Waals surface area (Å²) in [7, 11) is 1.84. The maximum atomic E-state index is 13.2. The summed E-state index contributed by atoms with van der Waals surface area (Å²) in [5.74, 6) is 0.934. The van der Waals surface area contributed by atoms with Crippen LogP contribution < -0.4 is 0 Å². The molecule has 0 saturated carbocycles. The molecule has 7 nitrogen and oxygen atoms in total. The van der Waals surface area contributed by atoms with Gasteiger partial charge in [-0.3, -0.25) is 9.69 Å². The highest BCUT2D eigenvalue weighted by atomic mass is 32.1. The lowest BCUT2D eigenvalue weighted by atomic mass is 10.0. The van der Waals surface area contributed by atoms with Crippen molar-refractivity contribution < 1.29 is 9.32 Å². The number of aryl methyl sites for hydroxylation is 2. The van der Waals surface area contributed by atoms with Gasteiger partial charge in [0.1, 0.15) is 12.1 Å². The second kappa shape index (κ2) is 8.04. The third kappa shape index (κ3) is 3.82. The van der Waals surface area contributed by atoms with Crippen molar-refractivity contribution in [1.29, 1.82) is 0 Å². The molecular formula is C21H25N5O2S. The van der Waals surface area contributed by atoms with E-state index in [1.807, 2.05) is 39.3 Å². The average Bonchev–Trinajstić information content (AvgIpc) is 3.30. The smallest absolute Gasteiger partial charge is 0.255 e. The van der Waals surface area contributed by atoms with Crippen molar-refractivity contribution in [2.24, 2.45) is 0 Å². The predicted molar refractivity (Wildman–Crippen MR) is 111 cm³/mol. The van der Waals surface area contributed by atoms with E-state index in [4.69, 9.17) is 4.52 Å². The Morgan fingerprint density at radius 1 is 1.41 bits per heavy atom. The third-order valence-electron chi connectivity index (χ3n) is 5.75. The van der Waals surface area contributed by atoms with Gasteiger partial charge in [-0.1, -0.05) is 5.16 Å². The number of aromatic nitrogens is 3. The topological polar surface area (TPSA) is 75.4 Å². The average molecular weight is 412 g/mol. The van der Waals surface area contributed by atoms with Crippen LogP contribution >= 0.6 is 11.3 Å². The van der Waals surface area contributed by atoms with Crippen LogP contribution in [0.1, 0.15) is 56.5 Å². The molecule has 0 N–H and O–H groups in total. The van der Waals surface area contributed by atoms with Crippen LogP contribution in [0.15, 0.2) is 28.5 Å². The minimum atomic E-state index is -0.110. The molecule has 1 aliphatic heterocycles. The van der Waals surface area contributed by atoms with E-state index >= 15 is 0 Å². The van der Waals surface area contributed by atoms with Gasteiger partial charge in [0.05, 0.1) is 23.0 Å². The number of fused-ring (bicyclic) bond motifs is 1. The highest BCUT2D eigenvalue weighted by Gasteiger charge is 2.28. The number of carbonyl (C=O) groups excluding carboxylic acids is 1. The van der Waals surface area contributed by atoms with Crippen LogP contribution in [0.4, 0.5) is 0 Å². The van der Waals surface area contributed by atoms with Gasteiger partial charge >= 0.3 is 0 Å². The Kier molecular flexibility index (Phi) is 5.47. The van der Waals surface area contributed by atoms with Crippen molar-refractivity contribution in [1.82, 2.24) is 24.9 Å². The number of thiophene rings is 1. The summed E-state index contributed by atoms with van der Waals surface area (Å²) in [6.07, 6.45) is 4.10. The summed E-state index contributed by atoms with van der Waals surface area (Å²) in [6.45, 7) is 8.53. The van der Waals surface area contributed by atoms with E-state index < -0.39 is 0 Å². The Bertz CT molecular complexity index is 994. The molecule has 3 aromatic heterocycles. The van der Waals surface area contributed by atoms with E-state index in [0.29, 0.717) is 0 Å². The molecule has 1 atom stereocenters. The van der Waals surface area contributed by atoms with E-state index in [0.717, 1.165) is 48.8 Å². The number of amides is 1. The Balaban J connectivity index is 1.48. The summed E-state index contributed by atoms with van der Waals surface area (Å²) in [5.41, 5.74) is 4.98. The molecule has 29 heavy (non-hydrogen) atoms. The monoisotopic (exact) mass is 411 g/mol. The number of rotatable bonds is 5. The van der Waals surface area contributed by atoms with Crippen molar-refractivity contribution in [2.45, 2.75) is 46.3 Å². The highest BCUT2D eigenvalue weighted by molar-refractivity contribution is 7.10. The minimum absolute atomic E-state index is 0.0489. The van der Waals surface area contributed by atoms with Crippen LogP contribution in [-0.2, 0) is 19.5 Å². The van der Waals surface area contributed by atoms with E-state index in [2.05, 4.69) is 20.0 Å². The van der Waals surface area contributed by atoms with Crippen molar-refractivity contribution >= 4 is 17.2 Å². The van der Waals surface area contributed by atoms with Crippen molar-refractivity contribution in [3.05, 3.63) is 62.7 Å². The first-order valence-electron chi connectivity index (χ1n) is 9.72. The lowest BCUT2D eigenvalue weighted by Crippen LogP contribution is -2.33. The zero-order chi connectivity index (χ0) is 20.5. The molecule has 0 aromatic carbocycles. The van der Waals surface area contributed by atoms with Crippen LogP contribution in [-0.4, -0.2) is 44.4 Å². The van der Waals surface area contributed by atoms with Gasteiger partial charge in [0.15, 0.2) is 0 Å².